The lowest BCUT2D eigenvalue weighted by molar-refractivity contribution is -0.151. The number of benzene rings is 1. The summed E-state index contributed by atoms with van der Waals surface area (Å²) < 4.78 is 10.2. The highest BCUT2D eigenvalue weighted by Crippen LogP contribution is 2.02. The molecule has 4 nitrogen and oxygen atoms in total. The van der Waals surface area contributed by atoms with Gasteiger partial charge in [-0.3, -0.25) is 4.79 Å². The lowest BCUT2D eigenvalue weighted by Gasteiger charge is -2.13. The van der Waals surface area contributed by atoms with Crippen LogP contribution in [0.25, 0.3) is 0 Å². The Kier molecular flexibility index (Phi) is 6.39. The maximum Gasteiger partial charge on any atom is 0.308 e. The molecule has 18 heavy (non-hydrogen) atoms. The van der Waals surface area contributed by atoms with Gasteiger partial charge in [-0.2, -0.15) is 0 Å². The second kappa shape index (κ2) is 7.84. The van der Waals surface area contributed by atoms with E-state index in [-0.39, 0.29) is 25.1 Å². The average molecular weight is 252 g/mol. The molecule has 0 aliphatic carbocycles. The van der Waals surface area contributed by atoms with Crippen LogP contribution >= 0.6 is 0 Å². The van der Waals surface area contributed by atoms with Crippen molar-refractivity contribution < 1.29 is 19.4 Å². The van der Waals surface area contributed by atoms with Gasteiger partial charge in [0.1, 0.15) is 12.7 Å². The maximum absolute atomic E-state index is 11.2. The fourth-order valence-electron chi connectivity index (χ4n) is 1.28. The molecule has 0 aliphatic heterocycles. The van der Waals surface area contributed by atoms with E-state index in [9.17, 15) is 9.90 Å². The zero-order valence-corrected chi connectivity index (χ0v) is 10.8. The first-order valence-electron chi connectivity index (χ1n) is 6.06. The normalized spacial score (nSPS) is 12.4. The highest BCUT2D eigenvalue weighted by Gasteiger charge is 2.11. The molecule has 0 radical (unpaired) electrons. The molecule has 0 bridgehead atoms. The zero-order valence-electron chi connectivity index (χ0n) is 10.8. The van der Waals surface area contributed by atoms with Gasteiger partial charge < -0.3 is 14.6 Å². The first-order chi connectivity index (χ1) is 8.59. The Morgan fingerprint density at radius 3 is 2.50 bits per heavy atom. The first-order valence-corrected chi connectivity index (χ1v) is 6.06. The van der Waals surface area contributed by atoms with Crippen LogP contribution < -0.4 is 0 Å². The zero-order chi connectivity index (χ0) is 13.4. The molecular weight excluding hydrogens is 232 g/mol. The topological polar surface area (TPSA) is 55.8 Å². The molecule has 100 valence electrons. The van der Waals surface area contributed by atoms with E-state index in [1.54, 1.807) is 13.8 Å². The van der Waals surface area contributed by atoms with Gasteiger partial charge in [-0.1, -0.05) is 44.2 Å². The predicted molar refractivity (Wildman–Crippen MR) is 67.9 cm³/mol. The van der Waals surface area contributed by atoms with Crippen LogP contribution in [-0.4, -0.2) is 30.4 Å². The summed E-state index contributed by atoms with van der Waals surface area (Å²) in [5.74, 6) is -0.487. The lowest BCUT2D eigenvalue weighted by Crippen LogP contribution is -2.25. The minimum atomic E-state index is -0.781. The van der Waals surface area contributed by atoms with Crippen LogP contribution in [-0.2, 0) is 20.9 Å². The number of hydrogen-bond donors (Lipinski definition) is 1. The van der Waals surface area contributed by atoms with Crippen LogP contribution in [0.5, 0.6) is 0 Å². The second-order valence-electron chi connectivity index (χ2n) is 4.44. The molecule has 1 atom stereocenters. The molecule has 0 fully saturated rings. The highest BCUT2D eigenvalue weighted by molar-refractivity contribution is 5.71. The smallest absolute Gasteiger partial charge is 0.308 e. The molecule has 1 aromatic carbocycles. The van der Waals surface area contributed by atoms with E-state index in [2.05, 4.69) is 0 Å². The van der Waals surface area contributed by atoms with Gasteiger partial charge >= 0.3 is 5.97 Å². The van der Waals surface area contributed by atoms with E-state index < -0.39 is 6.10 Å². The van der Waals surface area contributed by atoms with Crippen LogP contribution in [0.4, 0.5) is 0 Å². The number of aliphatic hydroxyl groups excluding tert-OH is 1. The molecular formula is C14H20O4. The van der Waals surface area contributed by atoms with Crippen molar-refractivity contribution in [2.75, 3.05) is 13.2 Å². The monoisotopic (exact) mass is 252 g/mol. The number of carbonyl (C=O) groups excluding carboxylic acids is 1. The molecule has 4 heteroatoms. The summed E-state index contributed by atoms with van der Waals surface area (Å²) in [6.45, 7) is 4.07. The fourth-order valence-corrected chi connectivity index (χ4v) is 1.28. The highest BCUT2D eigenvalue weighted by atomic mass is 16.5. The molecule has 1 unspecified atom stereocenters. The van der Waals surface area contributed by atoms with Crippen molar-refractivity contribution in [1.82, 2.24) is 0 Å². The minimum absolute atomic E-state index is 0.0220. The van der Waals surface area contributed by atoms with Gasteiger partial charge in [0.15, 0.2) is 0 Å². The van der Waals surface area contributed by atoms with Gasteiger partial charge in [0.25, 0.3) is 0 Å². The van der Waals surface area contributed by atoms with Crippen molar-refractivity contribution in [3.8, 4) is 0 Å². The van der Waals surface area contributed by atoms with E-state index >= 15 is 0 Å². The molecule has 0 saturated heterocycles. The Hall–Kier alpha value is -1.39. The van der Waals surface area contributed by atoms with Gasteiger partial charge in [0, 0.05) is 0 Å². The molecule has 0 spiro atoms. The van der Waals surface area contributed by atoms with Crippen LogP contribution in [0.15, 0.2) is 30.3 Å². The van der Waals surface area contributed by atoms with E-state index in [0.717, 1.165) is 5.56 Å². The third kappa shape index (κ3) is 5.80. The maximum atomic E-state index is 11.2. The summed E-state index contributed by atoms with van der Waals surface area (Å²) >= 11 is 0. The van der Waals surface area contributed by atoms with Crippen molar-refractivity contribution in [1.29, 1.82) is 0 Å². The number of aliphatic hydroxyl groups is 1. The summed E-state index contributed by atoms with van der Waals surface area (Å²) in [5.41, 5.74) is 1.05. The molecule has 1 aromatic rings. The van der Waals surface area contributed by atoms with Gasteiger partial charge in [-0.15, -0.1) is 0 Å². The molecule has 1 N–H and O–H groups in total. The summed E-state index contributed by atoms with van der Waals surface area (Å²) in [6, 6.07) is 9.69. The number of ether oxygens (including phenoxy) is 2. The standard InChI is InChI=1S/C14H20O4/c1-11(2)14(16)18-10-13(15)9-17-8-12-6-4-3-5-7-12/h3-7,11,13,15H,8-10H2,1-2H3. The Labute approximate surface area is 108 Å². The van der Waals surface area contributed by atoms with E-state index in [1.165, 1.54) is 0 Å². The Bertz CT molecular complexity index is 348. The molecule has 1 rings (SSSR count). The number of hydrogen-bond acceptors (Lipinski definition) is 4. The van der Waals surface area contributed by atoms with Crippen molar-refractivity contribution in [3.63, 3.8) is 0 Å². The third-order valence-electron chi connectivity index (χ3n) is 2.31. The van der Waals surface area contributed by atoms with Crippen molar-refractivity contribution in [2.24, 2.45) is 5.92 Å². The van der Waals surface area contributed by atoms with Gasteiger partial charge in [0.05, 0.1) is 19.1 Å². The predicted octanol–water partition coefficient (Wildman–Crippen LogP) is 1.76. The van der Waals surface area contributed by atoms with Crippen molar-refractivity contribution in [3.05, 3.63) is 35.9 Å². The summed E-state index contributed by atoms with van der Waals surface area (Å²) in [4.78, 5) is 11.2. The molecule has 0 aliphatic rings. The summed E-state index contributed by atoms with van der Waals surface area (Å²) in [7, 11) is 0. The van der Waals surface area contributed by atoms with E-state index in [0.29, 0.717) is 6.61 Å². The molecule has 0 amide bonds. The average Bonchev–Trinajstić information content (AvgIpc) is 2.37. The van der Waals surface area contributed by atoms with E-state index in [1.807, 2.05) is 30.3 Å². The lowest BCUT2D eigenvalue weighted by atomic mass is 10.2. The largest absolute Gasteiger partial charge is 0.463 e. The van der Waals surface area contributed by atoms with Crippen molar-refractivity contribution in [2.45, 2.75) is 26.6 Å². The van der Waals surface area contributed by atoms with Crippen LogP contribution in [0, 0.1) is 5.92 Å². The van der Waals surface area contributed by atoms with Gasteiger partial charge in [-0.05, 0) is 5.56 Å². The quantitative estimate of drug-likeness (QED) is 0.751. The molecule has 0 aromatic heterocycles. The first kappa shape index (κ1) is 14.7. The molecule has 0 heterocycles. The minimum Gasteiger partial charge on any atom is -0.463 e. The number of esters is 1. The van der Waals surface area contributed by atoms with Crippen LogP contribution in [0.1, 0.15) is 19.4 Å². The van der Waals surface area contributed by atoms with Crippen LogP contribution in [0.3, 0.4) is 0 Å². The number of carbonyl (C=O) groups is 1. The Morgan fingerprint density at radius 2 is 1.89 bits per heavy atom. The summed E-state index contributed by atoms with van der Waals surface area (Å²) in [5, 5.41) is 9.56. The SMILES string of the molecule is CC(C)C(=O)OCC(O)COCc1ccccc1. The summed E-state index contributed by atoms with van der Waals surface area (Å²) in [6.07, 6.45) is -0.781. The Morgan fingerprint density at radius 1 is 1.22 bits per heavy atom. The second-order valence-corrected chi connectivity index (χ2v) is 4.44. The van der Waals surface area contributed by atoms with Crippen molar-refractivity contribution >= 4 is 5.97 Å². The van der Waals surface area contributed by atoms with E-state index in [4.69, 9.17) is 9.47 Å². The van der Waals surface area contributed by atoms with Gasteiger partial charge in [-0.25, -0.2) is 0 Å². The van der Waals surface area contributed by atoms with Gasteiger partial charge in [0.2, 0.25) is 0 Å². The van der Waals surface area contributed by atoms with Crippen LogP contribution in [0.2, 0.25) is 0 Å². The fraction of sp³-hybridized carbons (Fsp3) is 0.500. The number of rotatable bonds is 7. The third-order valence-corrected chi connectivity index (χ3v) is 2.31. The molecule has 0 saturated carbocycles. The Balaban J connectivity index is 2.14.